The number of phenols is 4. The van der Waals surface area contributed by atoms with Crippen LogP contribution in [0, 0.1) is 0 Å². The lowest BCUT2D eigenvalue weighted by molar-refractivity contribution is 0.351. The topological polar surface area (TPSA) is 80.9 Å². The Morgan fingerprint density at radius 3 is 1.72 bits per heavy atom. The first-order valence-corrected chi connectivity index (χ1v) is 5.63. The summed E-state index contributed by atoms with van der Waals surface area (Å²) < 4.78 is 0. The predicted molar refractivity (Wildman–Crippen MR) is 69.3 cm³/mol. The monoisotopic (exact) mass is 248 g/mol. The molecule has 0 saturated carbocycles. The standard InChI is InChI=1S/C14H16O4/c1-14(2,3)7-4-5-8-9(6-7)11(16)13(18)12(17)10(8)15/h4-6,15-18H,1-3H3. The van der Waals surface area contributed by atoms with Gasteiger partial charge in [-0.05, 0) is 17.0 Å². The summed E-state index contributed by atoms with van der Waals surface area (Å²) in [5, 5.41) is 39.2. The number of hydrogen-bond donors (Lipinski definition) is 4. The van der Waals surface area contributed by atoms with Crippen LogP contribution >= 0.6 is 0 Å². The van der Waals surface area contributed by atoms with Gasteiger partial charge in [-0.25, -0.2) is 0 Å². The molecule has 0 bridgehead atoms. The predicted octanol–water partition coefficient (Wildman–Crippen LogP) is 2.96. The van der Waals surface area contributed by atoms with Crippen LogP contribution in [0.25, 0.3) is 10.8 Å². The lowest BCUT2D eigenvalue weighted by Crippen LogP contribution is -2.10. The van der Waals surface area contributed by atoms with Gasteiger partial charge >= 0.3 is 0 Å². The zero-order chi connectivity index (χ0) is 13.7. The van der Waals surface area contributed by atoms with E-state index in [0.29, 0.717) is 10.8 Å². The minimum Gasteiger partial charge on any atom is -0.504 e. The molecule has 2 rings (SSSR count). The highest BCUT2D eigenvalue weighted by Crippen LogP contribution is 2.49. The zero-order valence-electron chi connectivity index (χ0n) is 10.5. The minimum atomic E-state index is -0.705. The molecular weight excluding hydrogens is 232 g/mol. The van der Waals surface area contributed by atoms with E-state index < -0.39 is 23.0 Å². The average Bonchev–Trinajstić information content (AvgIpc) is 2.32. The maximum absolute atomic E-state index is 9.83. The van der Waals surface area contributed by atoms with Gasteiger partial charge in [0.25, 0.3) is 0 Å². The van der Waals surface area contributed by atoms with Gasteiger partial charge in [-0.1, -0.05) is 32.9 Å². The van der Waals surface area contributed by atoms with Crippen molar-refractivity contribution in [3.05, 3.63) is 23.8 Å². The summed E-state index contributed by atoms with van der Waals surface area (Å²) in [6, 6.07) is 5.13. The fourth-order valence-corrected chi connectivity index (χ4v) is 1.89. The van der Waals surface area contributed by atoms with Gasteiger partial charge in [0.1, 0.15) is 0 Å². The Kier molecular flexibility index (Phi) is 2.54. The van der Waals surface area contributed by atoms with Crippen molar-refractivity contribution < 1.29 is 20.4 Å². The van der Waals surface area contributed by atoms with Crippen LogP contribution in [0.1, 0.15) is 26.3 Å². The Morgan fingerprint density at radius 1 is 0.722 bits per heavy atom. The summed E-state index contributed by atoms with van der Waals surface area (Å²) >= 11 is 0. The molecule has 0 aromatic heterocycles. The third kappa shape index (κ3) is 1.70. The van der Waals surface area contributed by atoms with Gasteiger partial charge in [0.2, 0.25) is 11.5 Å². The molecule has 0 radical (unpaired) electrons. The van der Waals surface area contributed by atoms with Crippen LogP contribution in [-0.4, -0.2) is 20.4 Å². The number of aromatic hydroxyl groups is 4. The van der Waals surface area contributed by atoms with Crippen LogP contribution in [0.4, 0.5) is 0 Å². The Balaban J connectivity index is 2.87. The lowest BCUT2D eigenvalue weighted by Gasteiger charge is -2.20. The molecule has 0 aliphatic carbocycles. The van der Waals surface area contributed by atoms with Crippen LogP contribution in [0.3, 0.4) is 0 Å². The van der Waals surface area contributed by atoms with E-state index in [1.807, 2.05) is 26.8 Å². The van der Waals surface area contributed by atoms with Gasteiger partial charge in [-0.2, -0.15) is 0 Å². The maximum atomic E-state index is 9.83. The smallest absolute Gasteiger partial charge is 0.204 e. The largest absolute Gasteiger partial charge is 0.504 e. The van der Waals surface area contributed by atoms with E-state index in [1.165, 1.54) is 0 Å². The molecule has 0 aliphatic rings. The van der Waals surface area contributed by atoms with Gasteiger partial charge < -0.3 is 20.4 Å². The van der Waals surface area contributed by atoms with Crippen LogP contribution < -0.4 is 0 Å². The number of hydrogen-bond acceptors (Lipinski definition) is 4. The fraction of sp³-hybridized carbons (Fsp3) is 0.286. The van der Waals surface area contributed by atoms with E-state index in [9.17, 15) is 20.4 Å². The maximum Gasteiger partial charge on any atom is 0.204 e. The molecule has 18 heavy (non-hydrogen) atoms. The van der Waals surface area contributed by atoms with E-state index in [1.54, 1.807) is 12.1 Å². The van der Waals surface area contributed by atoms with Gasteiger partial charge in [-0.3, -0.25) is 0 Å². The van der Waals surface area contributed by atoms with E-state index in [-0.39, 0.29) is 5.41 Å². The van der Waals surface area contributed by atoms with Crippen molar-refractivity contribution in [2.75, 3.05) is 0 Å². The molecule has 0 saturated heterocycles. The molecule has 0 amide bonds. The Labute approximate surface area is 105 Å². The molecule has 2 aromatic carbocycles. The second-order valence-electron chi connectivity index (χ2n) is 5.40. The molecule has 0 atom stereocenters. The van der Waals surface area contributed by atoms with Gasteiger partial charge in [0, 0.05) is 10.8 Å². The van der Waals surface area contributed by atoms with Crippen molar-refractivity contribution in [1.29, 1.82) is 0 Å². The highest BCUT2D eigenvalue weighted by Gasteiger charge is 2.20. The van der Waals surface area contributed by atoms with Crippen LogP contribution in [0.15, 0.2) is 18.2 Å². The van der Waals surface area contributed by atoms with Crippen LogP contribution in [0.2, 0.25) is 0 Å². The van der Waals surface area contributed by atoms with Crippen molar-refractivity contribution in [2.24, 2.45) is 0 Å². The minimum absolute atomic E-state index is 0.121. The third-order valence-corrected chi connectivity index (χ3v) is 3.07. The van der Waals surface area contributed by atoms with Gasteiger partial charge in [-0.15, -0.1) is 0 Å². The molecule has 96 valence electrons. The Morgan fingerprint density at radius 2 is 1.22 bits per heavy atom. The highest BCUT2D eigenvalue weighted by molar-refractivity contribution is 5.98. The average molecular weight is 248 g/mol. The summed E-state index contributed by atoms with van der Waals surface area (Å²) in [6.07, 6.45) is 0. The quantitative estimate of drug-likeness (QED) is 0.427. The third-order valence-electron chi connectivity index (χ3n) is 3.07. The van der Waals surface area contributed by atoms with Gasteiger partial charge in [0.05, 0.1) is 0 Å². The Hall–Kier alpha value is -2.10. The van der Waals surface area contributed by atoms with Crippen molar-refractivity contribution in [2.45, 2.75) is 26.2 Å². The van der Waals surface area contributed by atoms with Gasteiger partial charge in [0.15, 0.2) is 11.5 Å². The second kappa shape index (κ2) is 3.70. The van der Waals surface area contributed by atoms with Crippen molar-refractivity contribution in [3.8, 4) is 23.0 Å². The summed E-state index contributed by atoms with van der Waals surface area (Å²) in [5.74, 6) is -2.26. The molecule has 2 aromatic rings. The summed E-state index contributed by atoms with van der Waals surface area (Å²) in [7, 11) is 0. The number of phenolic OH excluding ortho intramolecular Hbond substituents is 4. The van der Waals surface area contributed by atoms with Crippen molar-refractivity contribution in [3.63, 3.8) is 0 Å². The first-order valence-electron chi connectivity index (χ1n) is 5.63. The fourth-order valence-electron chi connectivity index (χ4n) is 1.89. The van der Waals surface area contributed by atoms with E-state index >= 15 is 0 Å². The first-order chi connectivity index (χ1) is 8.23. The normalized spacial score (nSPS) is 11.9. The zero-order valence-corrected chi connectivity index (χ0v) is 10.5. The summed E-state index contributed by atoms with van der Waals surface area (Å²) in [5.41, 5.74) is 0.832. The number of rotatable bonds is 0. The van der Waals surface area contributed by atoms with E-state index in [0.717, 1.165) is 5.56 Å². The molecule has 0 fully saturated rings. The molecule has 0 spiro atoms. The second-order valence-corrected chi connectivity index (χ2v) is 5.40. The molecule has 0 aliphatic heterocycles. The van der Waals surface area contributed by atoms with Crippen LogP contribution in [-0.2, 0) is 5.41 Å². The van der Waals surface area contributed by atoms with E-state index in [2.05, 4.69) is 0 Å². The number of fused-ring (bicyclic) bond motifs is 1. The molecule has 4 N–H and O–H groups in total. The van der Waals surface area contributed by atoms with E-state index in [4.69, 9.17) is 0 Å². The summed E-state index contributed by atoms with van der Waals surface area (Å²) in [6.45, 7) is 6.06. The first kappa shape index (κ1) is 12.4. The van der Waals surface area contributed by atoms with Crippen LogP contribution in [0.5, 0.6) is 23.0 Å². The lowest BCUT2D eigenvalue weighted by atomic mass is 9.85. The SMILES string of the molecule is CC(C)(C)c1ccc2c(O)c(O)c(O)c(O)c2c1. The highest BCUT2D eigenvalue weighted by atomic mass is 16.3. The molecule has 4 heteroatoms. The molecule has 4 nitrogen and oxygen atoms in total. The molecular formula is C14H16O4. The van der Waals surface area contributed by atoms with Crippen molar-refractivity contribution >= 4 is 10.8 Å². The summed E-state index contributed by atoms with van der Waals surface area (Å²) in [4.78, 5) is 0. The number of benzene rings is 2. The van der Waals surface area contributed by atoms with Crippen molar-refractivity contribution in [1.82, 2.24) is 0 Å². The molecule has 0 unspecified atom stereocenters. The Bertz CT molecular complexity index is 624. The molecule has 0 heterocycles.